The summed E-state index contributed by atoms with van der Waals surface area (Å²) in [6, 6.07) is 9.62. The summed E-state index contributed by atoms with van der Waals surface area (Å²) in [5.74, 6) is -1.84. The summed E-state index contributed by atoms with van der Waals surface area (Å²) in [7, 11) is 0. The van der Waals surface area contributed by atoms with Crippen LogP contribution in [0.3, 0.4) is 0 Å². The first-order valence-electron chi connectivity index (χ1n) is 16.9. The molecule has 4 atom stereocenters. The van der Waals surface area contributed by atoms with Gasteiger partial charge in [-0.2, -0.15) is 0 Å². The third-order valence-corrected chi connectivity index (χ3v) is 9.65. The van der Waals surface area contributed by atoms with Gasteiger partial charge >= 0.3 is 12.2 Å². The molecule has 3 saturated heterocycles. The Hall–Kier alpha value is -3.93. The second kappa shape index (κ2) is 13.2. The minimum Gasteiger partial charge on any atom is -0.444 e. The van der Waals surface area contributed by atoms with Crippen molar-refractivity contribution in [2.45, 2.75) is 96.9 Å². The van der Waals surface area contributed by atoms with E-state index >= 15 is 4.39 Å². The average molecular weight is 668 g/mol. The van der Waals surface area contributed by atoms with Gasteiger partial charge in [0.15, 0.2) is 0 Å². The van der Waals surface area contributed by atoms with Crippen molar-refractivity contribution in [2.24, 2.45) is 11.8 Å². The Morgan fingerprint density at radius 3 is 2.29 bits per heavy atom. The fourth-order valence-electron chi connectivity index (χ4n) is 7.14. The molecule has 0 bridgehead atoms. The Morgan fingerprint density at radius 1 is 1.04 bits per heavy atom. The van der Waals surface area contributed by atoms with E-state index in [4.69, 9.17) is 9.47 Å². The summed E-state index contributed by atoms with van der Waals surface area (Å²) in [6.07, 6.45) is 0.909. The molecule has 5 rings (SSSR count). The van der Waals surface area contributed by atoms with Gasteiger partial charge in [0.25, 0.3) is 0 Å². The molecule has 0 spiro atoms. The second-order valence-electron chi connectivity index (χ2n) is 15.4. The number of likely N-dealkylation sites (tertiary alicyclic amines) is 2. The average Bonchev–Trinajstić information content (AvgIpc) is 3.21. The van der Waals surface area contributed by atoms with Crippen LogP contribution in [-0.4, -0.2) is 94.2 Å². The Balaban J connectivity index is 1.38. The molecule has 11 nitrogen and oxygen atoms in total. The molecule has 12 heteroatoms. The molecule has 3 fully saturated rings. The monoisotopic (exact) mass is 667 g/mol. The lowest BCUT2D eigenvalue weighted by molar-refractivity contribution is -0.133. The Labute approximate surface area is 282 Å². The van der Waals surface area contributed by atoms with E-state index in [0.29, 0.717) is 30.9 Å². The summed E-state index contributed by atoms with van der Waals surface area (Å²) in [5, 5.41) is 6.27. The first kappa shape index (κ1) is 35.4. The van der Waals surface area contributed by atoms with Crippen molar-refractivity contribution in [3.63, 3.8) is 0 Å². The van der Waals surface area contributed by atoms with Crippen molar-refractivity contribution in [1.29, 1.82) is 0 Å². The van der Waals surface area contributed by atoms with Crippen LogP contribution in [0.5, 0.6) is 0 Å². The predicted octanol–water partition coefficient (Wildman–Crippen LogP) is 5.06. The van der Waals surface area contributed by atoms with Gasteiger partial charge in [0.05, 0.1) is 11.6 Å². The molecule has 0 saturated carbocycles. The molecule has 1 aliphatic carbocycles. The van der Waals surface area contributed by atoms with Crippen LogP contribution >= 0.6 is 0 Å². The summed E-state index contributed by atoms with van der Waals surface area (Å²) in [4.78, 5) is 58.1. The maximum atomic E-state index is 15.4. The number of carbonyl (C=O) groups excluding carboxylic acids is 4. The highest BCUT2D eigenvalue weighted by atomic mass is 19.1. The number of nitrogens with zero attached hydrogens (tertiary/aromatic N) is 3. The largest absolute Gasteiger partial charge is 0.444 e. The van der Waals surface area contributed by atoms with Crippen LogP contribution in [0.15, 0.2) is 53.6 Å². The third-order valence-electron chi connectivity index (χ3n) is 9.65. The summed E-state index contributed by atoms with van der Waals surface area (Å²) in [6.45, 7) is 16.0. The fourth-order valence-corrected chi connectivity index (χ4v) is 7.14. The molecule has 1 aromatic carbocycles. The van der Waals surface area contributed by atoms with E-state index in [9.17, 15) is 19.2 Å². The SMILES string of the molecule is CCN(C(=O)OC(C)(C)C)C1=C2NC(=O)C(C)(N3CC[C@H](c4ccccc4)[C@@H](NC(=O)C4CN(C(=O)OC(C)(C)C)C4)C3)C2CC(F)=C1. The molecular formula is C36H50FN5O6. The van der Waals surface area contributed by atoms with E-state index in [2.05, 4.69) is 15.5 Å². The van der Waals surface area contributed by atoms with Crippen molar-refractivity contribution in [1.82, 2.24) is 25.3 Å². The second-order valence-corrected chi connectivity index (χ2v) is 15.4. The van der Waals surface area contributed by atoms with Gasteiger partial charge in [-0.15, -0.1) is 0 Å². The number of rotatable bonds is 6. The van der Waals surface area contributed by atoms with Crippen molar-refractivity contribution < 1.29 is 33.0 Å². The van der Waals surface area contributed by atoms with E-state index in [0.717, 1.165) is 5.56 Å². The molecule has 2 N–H and O–H groups in total. The maximum absolute atomic E-state index is 15.4. The maximum Gasteiger partial charge on any atom is 0.414 e. The van der Waals surface area contributed by atoms with Gasteiger partial charge < -0.3 is 25.0 Å². The zero-order valence-corrected chi connectivity index (χ0v) is 29.4. The van der Waals surface area contributed by atoms with Gasteiger partial charge in [0.1, 0.15) is 22.6 Å². The Morgan fingerprint density at radius 2 is 1.69 bits per heavy atom. The molecule has 262 valence electrons. The molecule has 4 amide bonds. The molecule has 4 aliphatic rings. The summed E-state index contributed by atoms with van der Waals surface area (Å²) < 4.78 is 26.5. The van der Waals surface area contributed by atoms with Gasteiger partial charge in [-0.3, -0.25) is 19.4 Å². The minimum absolute atomic E-state index is 0.00183. The van der Waals surface area contributed by atoms with Crippen molar-refractivity contribution in [2.75, 3.05) is 32.7 Å². The molecule has 0 aromatic heterocycles. The van der Waals surface area contributed by atoms with Crippen molar-refractivity contribution in [3.05, 3.63) is 59.2 Å². The molecule has 2 unspecified atom stereocenters. The van der Waals surface area contributed by atoms with E-state index in [1.54, 1.807) is 48.5 Å². The lowest BCUT2D eigenvalue weighted by Crippen LogP contribution is -2.64. The van der Waals surface area contributed by atoms with Crippen LogP contribution in [0.25, 0.3) is 0 Å². The highest BCUT2D eigenvalue weighted by Crippen LogP contribution is 2.46. The Kier molecular flexibility index (Phi) is 9.71. The number of hydrogen-bond donors (Lipinski definition) is 2. The quantitative estimate of drug-likeness (QED) is 0.435. The van der Waals surface area contributed by atoms with Crippen molar-refractivity contribution >= 4 is 24.0 Å². The smallest absolute Gasteiger partial charge is 0.414 e. The molecular weight excluding hydrogens is 617 g/mol. The van der Waals surface area contributed by atoms with Crippen LogP contribution in [0.2, 0.25) is 0 Å². The number of hydrogen-bond acceptors (Lipinski definition) is 7. The van der Waals surface area contributed by atoms with Gasteiger partial charge in [0.2, 0.25) is 11.8 Å². The third kappa shape index (κ3) is 7.23. The molecule has 3 aliphatic heterocycles. The normalized spacial score (nSPS) is 26.6. The number of amides is 4. The van der Waals surface area contributed by atoms with Gasteiger partial charge in [-0.25, -0.2) is 14.0 Å². The van der Waals surface area contributed by atoms with Gasteiger partial charge in [-0.05, 0) is 80.0 Å². The van der Waals surface area contributed by atoms with Crippen LogP contribution in [-0.2, 0) is 19.1 Å². The standard InChI is InChI=1S/C36H50FN5O6/c1-9-42(33(46)48-35(5,6)7)28-18-24(37)17-26-29(28)39-31(44)36(26,8)41-16-15-25(22-13-11-10-12-14-22)27(21-41)38-30(43)23-19-40(20-23)32(45)47-34(2,3)4/h10-14,18,23,25-27H,9,15-17,19-21H2,1-8H3,(H,38,43)(H,39,44)/t25-,26?,27+,36?/m1/s1. The number of carbonyl (C=O) groups is 4. The highest BCUT2D eigenvalue weighted by molar-refractivity contribution is 5.92. The predicted molar refractivity (Wildman–Crippen MR) is 178 cm³/mol. The summed E-state index contributed by atoms with van der Waals surface area (Å²) >= 11 is 0. The molecule has 0 radical (unpaired) electrons. The lowest BCUT2D eigenvalue weighted by atomic mass is 9.76. The van der Waals surface area contributed by atoms with Crippen LogP contribution in [0, 0.1) is 11.8 Å². The molecule has 3 heterocycles. The minimum atomic E-state index is -1.14. The zero-order valence-electron chi connectivity index (χ0n) is 29.4. The highest BCUT2D eigenvalue weighted by Gasteiger charge is 2.57. The first-order valence-corrected chi connectivity index (χ1v) is 16.9. The number of nitrogens with one attached hydrogen (secondary N) is 2. The zero-order chi connectivity index (χ0) is 35.2. The van der Waals surface area contributed by atoms with Gasteiger partial charge in [-0.1, -0.05) is 30.3 Å². The van der Waals surface area contributed by atoms with E-state index in [1.807, 2.05) is 37.3 Å². The van der Waals surface area contributed by atoms with E-state index in [1.165, 1.54) is 15.9 Å². The lowest BCUT2D eigenvalue weighted by Gasteiger charge is -2.48. The van der Waals surface area contributed by atoms with E-state index in [-0.39, 0.29) is 55.7 Å². The number of benzene rings is 1. The van der Waals surface area contributed by atoms with Crippen LogP contribution in [0.1, 0.15) is 79.7 Å². The summed E-state index contributed by atoms with van der Waals surface area (Å²) in [5.41, 5.74) is -0.652. The number of allylic oxidation sites excluding steroid dienone is 2. The van der Waals surface area contributed by atoms with Gasteiger partial charge in [0, 0.05) is 56.2 Å². The first-order chi connectivity index (χ1) is 22.4. The fraction of sp³-hybridized carbons (Fsp3) is 0.611. The molecule has 48 heavy (non-hydrogen) atoms. The topological polar surface area (TPSA) is 121 Å². The molecule has 1 aromatic rings. The number of piperidine rings is 1. The van der Waals surface area contributed by atoms with Crippen LogP contribution in [0.4, 0.5) is 14.0 Å². The number of ether oxygens (including phenoxy) is 2. The van der Waals surface area contributed by atoms with Crippen molar-refractivity contribution in [3.8, 4) is 0 Å². The Bertz CT molecular complexity index is 1490. The van der Waals surface area contributed by atoms with E-state index < -0.39 is 40.7 Å². The number of fused-ring (bicyclic) bond motifs is 1. The number of likely N-dealkylation sites (N-methyl/N-ethyl adjacent to an activating group) is 1. The van der Waals surface area contributed by atoms with Crippen LogP contribution < -0.4 is 10.6 Å². The number of halogens is 1.